The third kappa shape index (κ3) is 2.45. The number of rotatable bonds is 4. The molecule has 1 unspecified atom stereocenters. The molecule has 0 N–H and O–H groups in total. The van der Waals surface area contributed by atoms with Crippen molar-refractivity contribution in [3.63, 3.8) is 0 Å². The number of furan rings is 1. The van der Waals surface area contributed by atoms with E-state index in [1.807, 2.05) is 30.3 Å². The van der Waals surface area contributed by atoms with Crippen molar-refractivity contribution >= 4 is 0 Å². The van der Waals surface area contributed by atoms with E-state index in [1.54, 1.807) is 13.4 Å². The van der Waals surface area contributed by atoms with Gasteiger partial charge in [0.25, 0.3) is 0 Å². The molecule has 0 fully saturated rings. The highest BCUT2D eigenvalue weighted by Gasteiger charge is 2.18. The van der Waals surface area contributed by atoms with Crippen LogP contribution in [0.1, 0.15) is 22.8 Å². The second-order valence-electron chi connectivity index (χ2n) is 4.63. The van der Waals surface area contributed by atoms with Crippen LogP contribution in [0.15, 0.2) is 77.4 Å². The summed E-state index contributed by atoms with van der Waals surface area (Å²) in [7, 11) is 1.68. The molecule has 2 aromatic carbocycles. The Kier molecular flexibility index (Phi) is 3.55. The lowest BCUT2D eigenvalue weighted by Crippen LogP contribution is -2.02. The van der Waals surface area contributed by atoms with Crippen LogP contribution in [0, 0.1) is 0 Å². The average molecular weight is 264 g/mol. The van der Waals surface area contributed by atoms with E-state index < -0.39 is 0 Å². The molecular weight excluding hydrogens is 248 g/mol. The fourth-order valence-electron chi connectivity index (χ4n) is 2.42. The molecule has 1 heterocycles. The van der Waals surface area contributed by atoms with E-state index in [2.05, 4.69) is 36.4 Å². The minimum absolute atomic E-state index is 0.108. The van der Waals surface area contributed by atoms with Gasteiger partial charge in [-0.25, -0.2) is 0 Å². The number of benzene rings is 2. The molecule has 100 valence electrons. The molecule has 3 rings (SSSR count). The highest BCUT2D eigenvalue weighted by Crippen LogP contribution is 2.32. The molecule has 1 atom stereocenters. The van der Waals surface area contributed by atoms with Crippen LogP contribution in [0.2, 0.25) is 0 Å². The van der Waals surface area contributed by atoms with Gasteiger partial charge in [0.1, 0.15) is 11.5 Å². The SMILES string of the molecule is COc1ccc(C(c2ccccc2)c2ccco2)cc1. The Balaban J connectivity index is 2.05. The molecule has 0 saturated heterocycles. The van der Waals surface area contributed by atoms with Gasteiger partial charge in [-0.1, -0.05) is 42.5 Å². The molecule has 0 saturated carbocycles. The zero-order chi connectivity index (χ0) is 13.8. The van der Waals surface area contributed by atoms with E-state index in [0.29, 0.717) is 0 Å². The maximum absolute atomic E-state index is 5.63. The summed E-state index contributed by atoms with van der Waals surface area (Å²) in [5.74, 6) is 1.92. The summed E-state index contributed by atoms with van der Waals surface area (Å²) in [6, 6.07) is 22.4. The molecule has 3 aromatic rings. The Morgan fingerprint density at radius 3 is 2.10 bits per heavy atom. The van der Waals surface area contributed by atoms with Crippen molar-refractivity contribution in [1.82, 2.24) is 0 Å². The fraction of sp³-hybridized carbons (Fsp3) is 0.111. The van der Waals surface area contributed by atoms with Crippen molar-refractivity contribution in [2.45, 2.75) is 5.92 Å². The lowest BCUT2D eigenvalue weighted by molar-refractivity contribution is 0.414. The Labute approximate surface area is 118 Å². The summed E-state index contributed by atoms with van der Waals surface area (Å²) in [5, 5.41) is 0. The van der Waals surface area contributed by atoms with Gasteiger partial charge in [-0.2, -0.15) is 0 Å². The lowest BCUT2D eigenvalue weighted by Gasteiger charge is -2.16. The number of hydrogen-bond donors (Lipinski definition) is 0. The summed E-state index contributed by atoms with van der Waals surface area (Å²) in [6.07, 6.45) is 1.72. The highest BCUT2D eigenvalue weighted by molar-refractivity contribution is 5.41. The molecule has 0 radical (unpaired) electrons. The van der Waals surface area contributed by atoms with Gasteiger partial charge in [-0.15, -0.1) is 0 Å². The van der Waals surface area contributed by atoms with E-state index >= 15 is 0 Å². The molecule has 0 aliphatic carbocycles. The Morgan fingerprint density at radius 2 is 1.50 bits per heavy atom. The number of ether oxygens (including phenoxy) is 1. The van der Waals surface area contributed by atoms with Gasteiger partial charge < -0.3 is 9.15 Å². The van der Waals surface area contributed by atoms with Gasteiger partial charge in [0.05, 0.1) is 19.3 Å². The van der Waals surface area contributed by atoms with Crippen molar-refractivity contribution in [2.75, 3.05) is 7.11 Å². The van der Waals surface area contributed by atoms with Crippen molar-refractivity contribution in [2.24, 2.45) is 0 Å². The van der Waals surface area contributed by atoms with Crippen molar-refractivity contribution in [3.8, 4) is 5.75 Å². The monoisotopic (exact) mass is 264 g/mol. The normalized spacial score (nSPS) is 12.1. The van der Waals surface area contributed by atoms with E-state index in [9.17, 15) is 0 Å². The Hall–Kier alpha value is -2.48. The Bertz CT molecular complexity index is 640. The van der Waals surface area contributed by atoms with E-state index in [4.69, 9.17) is 9.15 Å². The topological polar surface area (TPSA) is 22.4 Å². The molecule has 2 nitrogen and oxygen atoms in total. The predicted molar refractivity (Wildman–Crippen MR) is 79.1 cm³/mol. The quantitative estimate of drug-likeness (QED) is 0.693. The van der Waals surface area contributed by atoms with Crippen molar-refractivity contribution in [1.29, 1.82) is 0 Å². The highest BCUT2D eigenvalue weighted by atomic mass is 16.5. The maximum atomic E-state index is 5.63. The van der Waals surface area contributed by atoms with Crippen LogP contribution in [0.5, 0.6) is 5.75 Å². The molecule has 0 bridgehead atoms. The first-order valence-corrected chi connectivity index (χ1v) is 6.61. The third-order valence-electron chi connectivity index (χ3n) is 3.41. The summed E-state index contributed by atoms with van der Waals surface area (Å²) in [6.45, 7) is 0. The second-order valence-corrected chi connectivity index (χ2v) is 4.63. The van der Waals surface area contributed by atoms with E-state index in [1.165, 1.54) is 11.1 Å². The van der Waals surface area contributed by atoms with Crippen molar-refractivity contribution in [3.05, 3.63) is 89.9 Å². The number of methoxy groups -OCH3 is 1. The first-order valence-electron chi connectivity index (χ1n) is 6.61. The molecule has 0 aliphatic heterocycles. The van der Waals surface area contributed by atoms with Crippen LogP contribution in [-0.2, 0) is 0 Å². The van der Waals surface area contributed by atoms with Gasteiger partial charge in [0.2, 0.25) is 0 Å². The number of hydrogen-bond acceptors (Lipinski definition) is 2. The smallest absolute Gasteiger partial charge is 0.118 e. The molecule has 2 heteroatoms. The molecule has 0 spiro atoms. The molecule has 1 aromatic heterocycles. The van der Waals surface area contributed by atoms with Gasteiger partial charge in [-0.3, -0.25) is 0 Å². The maximum Gasteiger partial charge on any atom is 0.118 e. The third-order valence-corrected chi connectivity index (χ3v) is 3.41. The summed E-state index contributed by atoms with van der Waals surface area (Å²) in [4.78, 5) is 0. The van der Waals surface area contributed by atoms with Crippen LogP contribution in [0.25, 0.3) is 0 Å². The van der Waals surface area contributed by atoms with Crippen LogP contribution < -0.4 is 4.74 Å². The Morgan fingerprint density at radius 1 is 0.800 bits per heavy atom. The summed E-state index contributed by atoms with van der Waals surface area (Å²) < 4.78 is 10.9. The standard InChI is InChI=1S/C18H16O2/c1-19-16-11-9-15(10-12-16)18(17-8-5-13-20-17)14-6-3-2-4-7-14/h2-13,18H,1H3. The van der Waals surface area contributed by atoms with Crippen LogP contribution in [-0.4, -0.2) is 7.11 Å². The van der Waals surface area contributed by atoms with Crippen molar-refractivity contribution < 1.29 is 9.15 Å². The molecular formula is C18H16O2. The van der Waals surface area contributed by atoms with Crippen LogP contribution >= 0.6 is 0 Å². The zero-order valence-electron chi connectivity index (χ0n) is 11.3. The minimum Gasteiger partial charge on any atom is -0.497 e. The molecule has 0 aliphatic rings. The minimum atomic E-state index is 0.108. The van der Waals surface area contributed by atoms with E-state index in [-0.39, 0.29) is 5.92 Å². The molecule has 0 amide bonds. The average Bonchev–Trinajstić information content (AvgIpc) is 3.03. The van der Waals surface area contributed by atoms with Gasteiger partial charge >= 0.3 is 0 Å². The lowest BCUT2D eigenvalue weighted by atomic mass is 9.89. The van der Waals surface area contributed by atoms with E-state index in [0.717, 1.165) is 11.5 Å². The van der Waals surface area contributed by atoms with Gasteiger partial charge in [0.15, 0.2) is 0 Å². The summed E-state index contributed by atoms with van der Waals surface area (Å²) in [5.41, 5.74) is 2.40. The van der Waals surface area contributed by atoms with Gasteiger partial charge in [0, 0.05) is 0 Å². The summed E-state index contributed by atoms with van der Waals surface area (Å²) >= 11 is 0. The fourth-order valence-corrected chi connectivity index (χ4v) is 2.42. The first-order chi connectivity index (χ1) is 9.88. The largest absolute Gasteiger partial charge is 0.497 e. The van der Waals surface area contributed by atoms with Crippen LogP contribution in [0.3, 0.4) is 0 Å². The second kappa shape index (κ2) is 5.66. The first kappa shape index (κ1) is 12.5. The van der Waals surface area contributed by atoms with Crippen LogP contribution in [0.4, 0.5) is 0 Å². The van der Waals surface area contributed by atoms with Gasteiger partial charge in [-0.05, 0) is 35.4 Å². The zero-order valence-corrected chi connectivity index (χ0v) is 11.3. The molecule has 20 heavy (non-hydrogen) atoms. The predicted octanol–water partition coefficient (Wildman–Crippen LogP) is 4.47.